The van der Waals surface area contributed by atoms with Gasteiger partial charge in [-0.25, -0.2) is 4.98 Å². The zero-order valence-corrected chi connectivity index (χ0v) is 12.1. The summed E-state index contributed by atoms with van der Waals surface area (Å²) < 4.78 is 5.50. The van der Waals surface area contributed by atoms with Gasteiger partial charge in [0.05, 0.1) is 17.1 Å². The van der Waals surface area contributed by atoms with Gasteiger partial charge in [-0.1, -0.05) is 0 Å². The smallest absolute Gasteiger partial charge is 0.311 e. The average Bonchev–Trinajstić information content (AvgIpc) is 2.82. The molecule has 1 aromatic heterocycles. The average molecular weight is 268 g/mol. The topological polar surface area (TPSA) is 51.2 Å². The fraction of sp³-hybridized carbons (Fsp3) is 0.692. The first-order chi connectivity index (χ1) is 8.38. The van der Waals surface area contributed by atoms with Gasteiger partial charge < -0.3 is 10.1 Å². The Bertz CT molecular complexity index is 436. The van der Waals surface area contributed by atoms with Gasteiger partial charge in [0, 0.05) is 23.9 Å². The highest BCUT2D eigenvalue weighted by Gasteiger charge is 2.38. The zero-order valence-electron chi connectivity index (χ0n) is 11.3. The lowest BCUT2D eigenvalue weighted by atomic mass is 9.93. The third-order valence-corrected chi connectivity index (χ3v) is 4.11. The standard InChI is InChI=1S/C13H20N2O2S/c1-8-11(18-7-15-8)9-5-14-6-10(9)12(16)17-13(2,3)4/h7,9-10,14H,5-6H2,1-4H3. The molecule has 18 heavy (non-hydrogen) atoms. The number of nitrogens with zero attached hydrogens (tertiary/aromatic N) is 1. The van der Waals surface area contributed by atoms with Crippen molar-refractivity contribution in [1.82, 2.24) is 10.3 Å². The molecule has 0 amide bonds. The Morgan fingerprint density at radius 3 is 2.78 bits per heavy atom. The number of ether oxygens (including phenoxy) is 1. The molecule has 100 valence electrons. The first-order valence-electron chi connectivity index (χ1n) is 6.22. The Morgan fingerprint density at radius 1 is 1.50 bits per heavy atom. The van der Waals surface area contributed by atoms with Crippen LogP contribution in [0.25, 0.3) is 0 Å². The number of thiazole rings is 1. The monoisotopic (exact) mass is 268 g/mol. The van der Waals surface area contributed by atoms with Crippen molar-refractivity contribution < 1.29 is 9.53 Å². The van der Waals surface area contributed by atoms with Gasteiger partial charge in [0.1, 0.15) is 5.60 Å². The van der Waals surface area contributed by atoms with Gasteiger partial charge in [0.2, 0.25) is 0 Å². The number of aromatic nitrogens is 1. The molecule has 1 fully saturated rings. The fourth-order valence-corrected chi connectivity index (χ4v) is 3.22. The van der Waals surface area contributed by atoms with Crippen molar-refractivity contribution in [1.29, 1.82) is 0 Å². The lowest BCUT2D eigenvalue weighted by Crippen LogP contribution is -2.31. The number of nitrogens with one attached hydrogen (secondary N) is 1. The van der Waals surface area contributed by atoms with Gasteiger partial charge in [-0.2, -0.15) is 0 Å². The van der Waals surface area contributed by atoms with Crippen molar-refractivity contribution in [3.8, 4) is 0 Å². The van der Waals surface area contributed by atoms with Gasteiger partial charge >= 0.3 is 5.97 Å². The third kappa shape index (κ3) is 2.90. The molecule has 0 spiro atoms. The molecule has 1 aliphatic rings. The summed E-state index contributed by atoms with van der Waals surface area (Å²) in [6, 6.07) is 0. The van der Waals surface area contributed by atoms with Crippen LogP contribution in [0, 0.1) is 12.8 Å². The lowest BCUT2D eigenvalue weighted by molar-refractivity contribution is -0.159. The summed E-state index contributed by atoms with van der Waals surface area (Å²) in [4.78, 5) is 17.7. The molecule has 1 aliphatic heterocycles. The highest BCUT2D eigenvalue weighted by molar-refractivity contribution is 7.09. The molecular formula is C13H20N2O2S. The van der Waals surface area contributed by atoms with Crippen LogP contribution in [0.2, 0.25) is 0 Å². The second-order valence-electron chi connectivity index (χ2n) is 5.71. The van der Waals surface area contributed by atoms with Gasteiger partial charge in [0.25, 0.3) is 0 Å². The maximum atomic E-state index is 12.2. The second kappa shape index (κ2) is 4.97. The Kier molecular flexibility index (Phi) is 3.73. The van der Waals surface area contributed by atoms with E-state index < -0.39 is 5.60 Å². The first-order valence-corrected chi connectivity index (χ1v) is 7.10. The molecule has 1 saturated heterocycles. The van der Waals surface area contributed by atoms with E-state index in [-0.39, 0.29) is 17.8 Å². The molecule has 2 heterocycles. The van der Waals surface area contributed by atoms with E-state index in [1.165, 1.54) is 4.88 Å². The molecule has 0 bridgehead atoms. The van der Waals surface area contributed by atoms with E-state index in [9.17, 15) is 4.79 Å². The molecule has 1 N–H and O–H groups in total. The summed E-state index contributed by atoms with van der Waals surface area (Å²) in [5.41, 5.74) is 2.45. The van der Waals surface area contributed by atoms with Crippen LogP contribution in [0.1, 0.15) is 37.3 Å². The summed E-state index contributed by atoms with van der Waals surface area (Å²) in [5, 5.41) is 3.28. The SMILES string of the molecule is Cc1ncsc1C1CNCC1C(=O)OC(C)(C)C. The van der Waals surface area contributed by atoms with E-state index in [1.807, 2.05) is 33.2 Å². The molecule has 2 atom stereocenters. The number of hydrogen-bond acceptors (Lipinski definition) is 5. The molecule has 0 aromatic carbocycles. The minimum atomic E-state index is -0.424. The van der Waals surface area contributed by atoms with Crippen LogP contribution in [0.3, 0.4) is 0 Å². The van der Waals surface area contributed by atoms with E-state index >= 15 is 0 Å². The third-order valence-electron chi connectivity index (χ3n) is 3.04. The highest BCUT2D eigenvalue weighted by Crippen LogP contribution is 2.34. The van der Waals surface area contributed by atoms with E-state index in [0.29, 0.717) is 6.54 Å². The van der Waals surface area contributed by atoms with Crippen LogP contribution in [0.4, 0.5) is 0 Å². The van der Waals surface area contributed by atoms with E-state index in [4.69, 9.17) is 4.74 Å². The van der Waals surface area contributed by atoms with Gasteiger partial charge in [-0.15, -0.1) is 11.3 Å². The summed E-state index contributed by atoms with van der Waals surface area (Å²) in [7, 11) is 0. The maximum absolute atomic E-state index is 12.2. The lowest BCUT2D eigenvalue weighted by Gasteiger charge is -2.24. The van der Waals surface area contributed by atoms with Gasteiger partial charge in [0.15, 0.2) is 0 Å². The second-order valence-corrected chi connectivity index (χ2v) is 6.59. The Hall–Kier alpha value is -0.940. The van der Waals surface area contributed by atoms with Crippen LogP contribution in [0.5, 0.6) is 0 Å². The summed E-state index contributed by atoms with van der Waals surface area (Å²) in [5.74, 6) is 0.000949. The molecule has 1 aromatic rings. The number of hydrogen-bond donors (Lipinski definition) is 1. The summed E-state index contributed by atoms with van der Waals surface area (Å²) in [6.07, 6.45) is 0. The van der Waals surface area contributed by atoms with E-state index in [0.717, 1.165) is 12.2 Å². The van der Waals surface area contributed by atoms with Crippen LogP contribution in [-0.2, 0) is 9.53 Å². The molecule has 4 nitrogen and oxygen atoms in total. The molecule has 0 saturated carbocycles. The molecule has 0 radical (unpaired) electrons. The van der Waals surface area contributed by atoms with Crippen LogP contribution in [-0.4, -0.2) is 29.6 Å². The predicted octanol–water partition coefficient (Wildman–Crippen LogP) is 2.10. The number of esters is 1. The minimum absolute atomic E-state index is 0.0941. The highest BCUT2D eigenvalue weighted by atomic mass is 32.1. The molecular weight excluding hydrogens is 248 g/mol. The quantitative estimate of drug-likeness (QED) is 0.835. The van der Waals surface area contributed by atoms with Crippen molar-refractivity contribution in [3.63, 3.8) is 0 Å². The Balaban J connectivity index is 2.13. The largest absolute Gasteiger partial charge is 0.460 e. The molecule has 2 unspecified atom stereocenters. The van der Waals surface area contributed by atoms with E-state index in [2.05, 4.69) is 10.3 Å². The molecule has 0 aliphatic carbocycles. The summed E-state index contributed by atoms with van der Waals surface area (Å²) in [6.45, 7) is 9.22. The zero-order chi connectivity index (χ0) is 13.3. The van der Waals surface area contributed by atoms with E-state index in [1.54, 1.807) is 11.3 Å². The minimum Gasteiger partial charge on any atom is -0.460 e. The van der Waals surface area contributed by atoms with Crippen molar-refractivity contribution in [2.45, 2.75) is 39.2 Å². The Labute approximate surface area is 112 Å². The number of carbonyl (C=O) groups excluding carboxylic acids is 1. The van der Waals surface area contributed by atoms with Crippen molar-refractivity contribution >= 4 is 17.3 Å². The molecule has 2 rings (SSSR count). The number of aryl methyl sites for hydroxylation is 1. The first kappa shape index (κ1) is 13.5. The Morgan fingerprint density at radius 2 is 2.22 bits per heavy atom. The van der Waals surface area contributed by atoms with Crippen LogP contribution < -0.4 is 5.32 Å². The molecule has 5 heteroatoms. The normalized spacial score (nSPS) is 24.2. The van der Waals surface area contributed by atoms with Crippen molar-refractivity contribution in [2.75, 3.05) is 13.1 Å². The van der Waals surface area contributed by atoms with Crippen LogP contribution in [0.15, 0.2) is 5.51 Å². The van der Waals surface area contributed by atoms with Crippen LogP contribution >= 0.6 is 11.3 Å². The summed E-state index contributed by atoms with van der Waals surface area (Å²) >= 11 is 1.63. The number of carbonyl (C=O) groups is 1. The maximum Gasteiger partial charge on any atom is 0.311 e. The fourth-order valence-electron chi connectivity index (χ4n) is 2.25. The predicted molar refractivity (Wildman–Crippen MR) is 71.8 cm³/mol. The number of rotatable bonds is 2. The van der Waals surface area contributed by atoms with Gasteiger partial charge in [-0.3, -0.25) is 4.79 Å². The van der Waals surface area contributed by atoms with Crippen molar-refractivity contribution in [2.24, 2.45) is 5.92 Å². The van der Waals surface area contributed by atoms with Crippen molar-refractivity contribution in [3.05, 3.63) is 16.1 Å². The van der Waals surface area contributed by atoms with Gasteiger partial charge in [-0.05, 0) is 27.7 Å².